The second-order valence-corrected chi connectivity index (χ2v) is 11.6. The summed E-state index contributed by atoms with van der Waals surface area (Å²) in [5.41, 5.74) is 0.641. The molecule has 1 aromatic carbocycles. The predicted molar refractivity (Wildman–Crippen MR) is 164 cm³/mol. The van der Waals surface area contributed by atoms with Crippen molar-refractivity contribution in [3.8, 4) is 0 Å². The molecular formula is C31H48N2O14. The molecule has 0 aromatic heterocycles. The highest BCUT2D eigenvalue weighted by Gasteiger charge is 2.47. The van der Waals surface area contributed by atoms with Crippen LogP contribution in [0.4, 0.5) is 0 Å². The van der Waals surface area contributed by atoms with E-state index in [-0.39, 0.29) is 11.9 Å². The highest BCUT2D eigenvalue weighted by atomic mass is 16.6. The largest absolute Gasteiger partial charge is 0.479 e. The maximum Gasteiger partial charge on any atom is 0.335 e. The summed E-state index contributed by atoms with van der Waals surface area (Å²) in [5, 5.41) is 65.1. The Hall–Kier alpha value is -3.67. The Morgan fingerprint density at radius 3 is 1.64 bits per heavy atom. The van der Waals surface area contributed by atoms with Gasteiger partial charge in [0.25, 0.3) is 0 Å². The maximum atomic E-state index is 12.3. The van der Waals surface area contributed by atoms with Crippen molar-refractivity contribution in [1.29, 1.82) is 0 Å². The Morgan fingerprint density at radius 2 is 1.23 bits per heavy atom. The van der Waals surface area contributed by atoms with Crippen LogP contribution in [-0.2, 0) is 34.3 Å². The molecule has 2 heterocycles. The number of esters is 1. The van der Waals surface area contributed by atoms with Crippen molar-refractivity contribution in [2.45, 2.75) is 88.9 Å². The number of carboxylic acid groups (broad SMARTS) is 4. The summed E-state index contributed by atoms with van der Waals surface area (Å²) in [6.07, 6.45) is -3.82. The van der Waals surface area contributed by atoms with Crippen LogP contribution >= 0.6 is 0 Å². The zero-order valence-corrected chi connectivity index (χ0v) is 26.8. The summed E-state index contributed by atoms with van der Waals surface area (Å²) in [6.45, 7) is 12.3. The highest BCUT2D eigenvalue weighted by molar-refractivity contribution is 5.83. The van der Waals surface area contributed by atoms with Gasteiger partial charge < -0.3 is 55.4 Å². The number of aliphatic hydroxyl groups excluding tert-OH is 4. The lowest BCUT2D eigenvalue weighted by Gasteiger charge is -2.49. The Labute approximate surface area is 272 Å². The summed E-state index contributed by atoms with van der Waals surface area (Å²) in [6, 6.07) is 10.8. The number of piperidine rings is 1. The number of likely N-dealkylation sites (tertiary alicyclic amines) is 2. The molecule has 7 atom stereocenters. The van der Waals surface area contributed by atoms with Crippen LogP contribution in [0.5, 0.6) is 0 Å². The van der Waals surface area contributed by atoms with Crippen molar-refractivity contribution in [2.75, 3.05) is 32.7 Å². The fourth-order valence-corrected chi connectivity index (χ4v) is 5.40. The Balaban J connectivity index is 0.000000455. The maximum absolute atomic E-state index is 12.3. The molecule has 0 spiro atoms. The van der Waals surface area contributed by atoms with Gasteiger partial charge in [0, 0.05) is 31.3 Å². The Bertz CT molecular complexity index is 1090. The highest BCUT2D eigenvalue weighted by Crippen LogP contribution is 2.43. The van der Waals surface area contributed by atoms with Crippen LogP contribution in [0.3, 0.4) is 0 Å². The van der Waals surface area contributed by atoms with Crippen molar-refractivity contribution in [2.24, 2.45) is 5.92 Å². The van der Waals surface area contributed by atoms with Crippen molar-refractivity contribution < 1.29 is 69.6 Å². The minimum absolute atomic E-state index is 0.0969. The van der Waals surface area contributed by atoms with E-state index in [0.29, 0.717) is 12.5 Å². The molecule has 266 valence electrons. The summed E-state index contributed by atoms with van der Waals surface area (Å²) >= 11 is 0. The van der Waals surface area contributed by atoms with Crippen LogP contribution in [0.1, 0.15) is 58.4 Å². The number of hydrogen-bond donors (Lipinski definition) is 8. The van der Waals surface area contributed by atoms with Crippen LogP contribution in [-0.4, -0.2) is 144 Å². The van der Waals surface area contributed by atoms with E-state index in [9.17, 15) is 24.0 Å². The number of rotatable bonds is 13. The molecule has 16 nitrogen and oxygen atoms in total. The number of nitrogens with zero attached hydrogens (tertiary/aromatic N) is 2. The normalized spacial score (nSPS) is 23.8. The molecular weight excluding hydrogens is 624 g/mol. The van der Waals surface area contributed by atoms with Crippen LogP contribution in [0.15, 0.2) is 30.3 Å². The van der Waals surface area contributed by atoms with Crippen molar-refractivity contribution >= 4 is 29.8 Å². The molecule has 47 heavy (non-hydrogen) atoms. The number of carbonyl (C=O) groups excluding carboxylic acids is 1. The third-order valence-electron chi connectivity index (χ3n) is 8.10. The number of hydrogen-bond acceptors (Lipinski definition) is 12. The molecule has 2 saturated heterocycles. The molecule has 1 aromatic rings. The van der Waals surface area contributed by atoms with E-state index in [1.165, 1.54) is 38.9 Å². The van der Waals surface area contributed by atoms with Crippen molar-refractivity contribution in [3.05, 3.63) is 35.9 Å². The van der Waals surface area contributed by atoms with Gasteiger partial charge in [0.2, 0.25) is 0 Å². The fraction of sp³-hybridized carbons (Fsp3) is 0.645. The van der Waals surface area contributed by atoms with Gasteiger partial charge in [0.05, 0.1) is 0 Å². The molecule has 3 rings (SSSR count). The summed E-state index contributed by atoms with van der Waals surface area (Å²) < 4.78 is 6.16. The molecule has 0 bridgehead atoms. The average Bonchev–Trinajstić information content (AvgIpc) is 3.56. The van der Waals surface area contributed by atoms with Crippen LogP contribution < -0.4 is 0 Å². The van der Waals surface area contributed by atoms with Gasteiger partial charge in [-0.1, -0.05) is 44.2 Å². The first-order valence-corrected chi connectivity index (χ1v) is 15.4. The number of benzene rings is 1. The first-order valence-electron chi connectivity index (χ1n) is 15.4. The number of aliphatic carboxylic acids is 4. The first kappa shape index (κ1) is 41.4. The zero-order valence-electron chi connectivity index (χ0n) is 26.8. The van der Waals surface area contributed by atoms with E-state index < -0.39 is 53.9 Å². The second kappa shape index (κ2) is 19.9. The monoisotopic (exact) mass is 672 g/mol. The molecule has 0 saturated carbocycles. The van der Waals surface area contributed by atoms with E-state index in [0.717, 1.165) is 25.1 Å². The van der Waals surface area contributed by atoms with Gasteiger partial charge in [-0.25, -0.2) is 19.2 Å². The summed E-state index contributed by atoms with van der Waals surface area (Å²) in [5.74, 6) is -6.90. The smallest absolute Gasteiger partial charge is 0.335 e. The minimum Gasteiger partial charge on any atom is -0.479 e. The van der Waals surface area contributed by atoms with E-state index in [4.69, 9.17) is 45.6 Å². The van der Waals surface area contributed by atoms with Crippen LogP contribution in [0.2, 0.25) is 0 Å². The summed E-state index contributed by atoms with van der Waals surface area (Å²) in [7, 11) is 0. The van der Waals surface area contributed by atoms with Gasteiger partial charge in [-0.05, 0) is 57.9 Å². The molecule has 2 fully saturated rings. The van der Waals surface area contributed by atoms with Gasteiger partial charge in [0.15, 0.2) is 24.4 Å². The van der Waals surface area contributed by atoms with Crippen LogP contribution in [0, 0.1) is 5.92 Å². The molecule has 0 radical (unpaired) electrons. The second-order valence-electron chi connectivity index (χ2n) is 11.6. The molecule has 2 aliphatic heterocycles. The lowest BCUT2D eigenvalue weighted by atomic mass is 9.74. The molecule has 3 unspecified atom stereocenters. The molecule has 0 amide bonds. The van der Waals surface area contributed by atoms with E-state index >= 15 is 0 Å². The Morgan fingerprint density at radius 1 is 0.787 bits per heavy atom. The van der Waals surface area contributed by atoms with Gasteiger partial charge in [-0.3, -0.25) is 4.79 Å². The van der Waals surface area contributed by atoms with Gasteiger partial charge in [0.1, 0.15) is 5.60 Å². The first-order chi connectivity index (χ1) is 22.0. The lowest BCUT2D eigenvalue weighted by molar-refractivity contribution is -0.178. The predicted octanol–water partition coefficient (Wildman–Crippen LogP) is -0.194. The quantitative estimate of drug-likeness (QED) is 0.126. The number of carboxylic acids is 4. The standard InChI is InChI=1S/C23H36N2O2.2C4H6O6/c1-4-22(26)27-23(21-11-6-5-7-12-21)17-20(3)25(18-19(23)2)16-10-15-24-13-8-9-14-24;2*5-1(3(7)8)2(6)4(9)10/h5-7,11-12,19-20H,4,8-10,13-18H2,1-3H3;2*1-2,5-6H,(H,7,8)(H,9,10)/t;2*1-,2-/m.00/s1. The third kappa shape index (κ3) is 12.8. The number of aliphatic hydroxyl groups is 4. The van der Waals surface area contributed by atoms with E-state index in [1.54, 1.807) is 0 Å². The Kier molecular flexibility index (Phi) is 17.5. The zero-order chi connectivity index (χ0) is 35.9. The van der Waals surface area contributed by atoms with Gasteiger partial charge >= 0.3 is 29.8 Å². The molecule has 0 aliphatic carbocycles. The SMILES string of the molecule is CCC(=O)OC1(c2ccccc2)CC(C)N(CCCN2CCCC2)CC1C.O=C(O)[C@@H](O)[C@H](O)C(=O)O.O=C(O)[C@@H](O)[C@H](O)C(=O)O. The molecule has 16 heteroatoms. The number of ether oxygens (including phenoxy) is 1. The topological polar surface area (TPSA) is 263 Å². The average molecular weight is 673 g/mol. The molecule has 8 N–H and O–H groups in total. The lowest BCUT2D eigenvalue weighted by Crippen LogP contribution is -2.55. The summed E-state index contributed by atoms with van der Waals surface area (Å²) in [4.78, 5) is 56.5. The van der Waals surface area contributed by atoms with Gasteiger partial charge in [-0.2, -0.15) is 0 Å². The molecule has 2 aliphatic rings. The van der Waals surface area contributed by atoms with Gasteiger partial charge in [-0.15, -0.1) is 0 Å². The number of carbonyl (C=O) groups is 5. The van der Waals surface area contributed by atoms with E-state index in [1.807, 2.05) is 13.0 Å². The van der Waals surface area contributed by atoms with Crippen LogP contribution in [0.25, 0.3) is 0 Å². The minimum atomic E-state index is -2.27. The van der Waals surface area contributed by atoms with E-state index in [2.05, 4.69) is 47.9 Å². The fourth-order valence-electron chi connectivity index (χ4n) is 5.40. The third-order valence-corrected chi connectivity index (χ3v) is 8.10. The van der Waals surface area contributed by atoms with Crippen molar-refractivity contribution in [1.82, 2.24) is 9.80 Å². The van der Waals surface area contributed by atoms with Crippen molar-refractivity contribution in [3.63, 3.8) is 0 Å².